The van der Waals surface area contributed by atoms with Gasteiger partial charge in [0.05, 0.1) is 0 Å². The maximum absolute atomic E-state index is 12.7. The Kier molecular flexibility index (Phi) is 4.88. The summed E-state index contributed by atoms with van der Waals surface area (Å²) >= 11 is 0. The lowest BCUT2D eigenvalue weighted by atomic mass is 9.78. The van der Waals surface area contributed by atoms with Crippen LogP contribution in [-0.4, -0.2) is 29.9 Å². The Morgan fingerprint density at radius 2 is 1.74 bits per heavy atom. The van der Waals surface area contributed by atoms with Gasteiger partial charge in [-0.1, -0.05) is 26.7 Å². The quantitative estimate of drug-likeness (QED) is 0.835. The van der Waals surface area contributed by atoms with E-state index in [4.69, 9.17) is 5.73 Å². The Morgan fingerprint density at radius 3 is 2.37 bits per heavy atom. The number of hydrogen-bond acceptors (Lipinski definition) is 2. The van der Waals surface area contributed by atoms with Gasteiger partial charge in [0.2, 0.25) is 5.91 Å². The van der Waals surface area contributed by atoms with Gasteiger partial charge in [0.25, 0.3) is 0 Å². The molecule has 0 aromatic carbocycles. The third-order valence-electron chi connectivity index (χ3n) is 5.50. The maximum Gasteiger partial charge on any atom is 0.225 e. The van der Waals surface area contributed by atoms with Crippen LogP contribution in [0.25, 0.3) is 0 Å². The van der Waals surface area contributed by atoms with Gasteiger partial charge in [-0.25, -0.2) is 0 Å². The van der Waals surface area contributed by atoms with Crippen LogP contribution in [0.15, 0.2) is 0 Å². The van der Waals surface area contributed by atoms with E-state index in [0.717, 1.165) is 19.3 Å². The number of amides is 1. The predicted octanol–water partition coefficient (Wildman–Crippen LogP) is 2.79. The van der Waals surface area contributed by atoms with Gasteiger partial charge in [0.1, 0.15) is 0 Å². The van der Waals surface area contributed by atoms with E-state index in [-0.39, 0.29) is 5.92 Å². The molecule has 0 aromatic heterocycles. The molecule has 19 heavy (non-hydrogen) atoms. The fraction of sp³-hybridized carbons (Fsp3) is 0.938. The zero-order valence-electron chi connectivity index (χ0n) is 12.8. The molecule has 5 atom stereocenters. The summed E-state index contributed by atoms with van der Waals surface area (Å²) in [4.78, 5) is 14.7. The van der Waals surface area contributed by atoms with Crippen molar-refractivity contribution >= 4 is 5.91 Å². The maximum atomic E-state index is 12.7. The average molecular weight is 266 g/mol. The topological polar surface area (TPSA) is 46.3 Å². The smallest absolute Gasteiger partial charge is 0.225 e. The Morgan fingerprint density at radius 1 is 1.05 bits per heavy atom. The summed E-state index contributed by atoms with van der Waals surface area (Å²) in [5, 5.41) is 0. The highest BCUT2D eigenvalue weighted by Crippen LogP contribution is 2.32. The van der Waals surface area contributed by atoms with Crippen LogP contribution < -0.4 is 5.73 Å². The highest BCUT2D eigenvalue weighted by molar-refractivity contribution is 5.79. The number of nitrogens with zero attached hydrogens (tertiary/aromatic N) is 1. The first-order valence-electron chi connectivity index (χ1n) is 8.03. The first-order valence-corrected chi connectivity index (χ1v) is 8.03. The SMILES string of the molecule is CC1CC(C(=O)N(C)C2CCCCC2C)CCC1N. The molecule has 0 spiro atoms. The Hall–Kier alpha value is -0.570. The average Bonchev–Trinajstić information content (AvgIpc) is 2.41. The van der Waals surface area contributed by atoms with Gasteiger partial charge in [-0.2, -0.15) is 0 Å². The molecule has 0 radical (unpaired) electrons. The summed E-state index contributed by atoms with van der Waals surface area (Å²) in [5.74, 6) is 1.73. The zero-order valence-corrected chi connectivity index (χ0v) is 12.8. The number of carbonyl (C=O) groups is 1. The molecular formula is C16H30N2O. The standard InChI is InChI=1S/C16H30N2O/c1-11-6-4-5-7-15(11)18(3)16(19)13-8-9-14(17)12(2)10-13/h11-15H,4-10,17H2,1-3H3. The molecule has 0 aliphatic heterocycles. The van der Waals surface area contributed by atoms with Gasteiger partial charge in [-0.3, -0.25) is 4.79 Å². The normalized spacial score (nSPS) is 39.9. The lowest BCUT2D eigenvalue weighted by Crippen LogP contribution is -2.47. The molecule has 2 fully saturated rings. The lowest BCUT2D eigenvalue weighted by molar-refractivity contribution is -0.139. The highest BCUT2D eigenvalue weighted by atomic mass is 16.2. The molecule has 5 unspecified atom stereocenters. The Balaban J connectivity index is 1.95. The first-order chi connectivity index (χ1) is 9.00. The number of nitrogens with two attached hydrogens (primary N) is 1. The number of rotatable bonds is 2. The van der Waals surface area contributed by atoms with Crippen molar-refractivity contribution in [1.82, 2.24) is 4.90 Å². The molecule has 2 aliphatic carbocycles. The molecule has 3 heteroatoms. The van der Waals surface area contributed by atoms with Crippen molar-refractivity contribution in [3.8, 4) is 0 Å². The van der Waals surface area contributed by atoms with Gasteiger partial charge in [0.15, 0.2) is 0 Å². The summed E-state index contributed by atoms with van der Waals surface area (Å²) in [7, 11) is 2.02. The number of carbonyl (C=O) groups excluding carboxylic acids is 1. The Bertz CT molecular complexity index is 318. The van der Waals surface area contributed by atoms with E-state index in [9.17, 15) is 4.79 Å². The zero-order chi connectivity index (χ0) is 14.0. The molecule has 1 amide bonds. The van der Waals surface area contributed by atoms with E-state index in [2.05, 4.69) is 18.7 Å². The van der Waals surface area contributed by atoms with Gasteiger partial charge >= 0.3 is 0 Å². The van der Waals surface area contributed by atoms with E-state index in [1.54, 1.807) is 0 Å². The molecule has 0 bridgehead atoms. The molecule has 2 saturated carbocycles. The van der Waals surface area contributed by atoms with Gasteiger partial charge in [-0.15, -0.1) is 0 Å². The molecule has 110 valence electrons. The van der Waals surface area contributed by atoms with Crippen LogP contribution in [0.2, 0.25) is 0 Å². The van der Waals surface area contributed by atoms with Crippen LogP contribution >= 0.6 is 0 Å². The summed E-state index contributed by atoms with van der Waals surface area (Å²) in [6.45, 7) is 4.49. The highest BCUT2D eigenvalue weighted by Gasteiger charge is 2.35. The summed E-state index contributed by atoms with van der Waals surface area (Å²) < 4.78 is 0. The van der Waals surface area contributed by atoms with E-state index >= 15 is 0 Å². The van der Waals surface area contributed by atoms with Gasteiger partial charge in [-0.05, 0) is 43.9 Å². The van der Waals surface area contributed by atoms with Crippen molar-refractivity contribution in [2.75, 3.05) is 7.05 Å². The van der Waals surface area contributed by atoms with Gasteiger partial charge in [0, 0.05) is 25.0 Å². The largest absolute Gasteiger partial charge is 0.342 e. The molecule has 0 aromatic rings. The molecule has 2 rings (SSSR count). The molecule has 2 aliphatic rings. The minimum atomic E-state index is 0.217. The van der Waals surface area contributed by atoms with Gasteiger partial charge < -0.3 is 10.6 Å². The minimum absolute atomic E-state index is 0.217. The number of hydrogen-bond donors (Lipinski definition) is 1. The monoisotopic (exact) mass is 266 g/mol. The second kappa shape index (κ2) is 6.25. The molecule has 0 saturated heterocycles. The summed E-state index contributed by atoms with van der Waals surface area (Å²) in [6, 6.07) is 0.759. The molecule has 0 heterocycles. The van der Waals surface area contributed by atoms with Crippen LogP contribution in [0.5, 0.6) is 0 Å². The predicted molar refractivity (Wildman–Crippen MR) is 78.7 cm³/mol. The van der Waals surface area contributed by atoms with Crippen LogP contribution in [0.3, 0.4) is 0 Å². The van der Waals surface area contributed by atoms with Crippen LogP contribution in [0.1, 0.15) is 58.8 Å². The lowest BCUT2D eigenvalue weighted by Gasteiger charge is -2.40. The third-order valence-corrected chi connectivity index (χ3v) is 5.50. The second-order valence-electron chi connectivity index (χ2n) is 6.93. The van der Waals surface area contributed by atoms with Crippen molar-refractivity contribution in [2.45, 2.75) is 70.9 Å². The minimum Gasteiger partial charge on any atom is -0.342 e. The Labute approximate surface area is 117 Å². The van der Waals surface area contributed by atoms with E-state index in [1.165, 1.54) is 25.7 Å². The van der Waals surface area contributed by atoms with E-state index in [1.807, 2.05) is 7.05 Å². The van der Waals surface area contributed by atoms with E-state index < -0.39 is 0 Å². The molecule has 2 N–H and O–H groups in total. The van der Waals surface area contributed by atoms with Crippen LogP contribution in [-0.2, 0) is 4.79 Å². The fourth-order valence-electron chi connectivity index (χ4n) is 3.97. The first kappa shape index (κ1) is 14.8. The van der Waals surface area contributed by atoms with Crippen molar-refractivity contribution in [2.24, 2.45) is 23.5 Å². The summed E-state index contributed by atoms with van der Waals surface area (Å²) in [6.07, 6.45) is 8.03. The van der Waals surface area contributed by atoms with Crippen molar-refractivity contribution in [3.05, 3.63) is 0 Å². The summed E-state index contributed by atoms with van der Waals surface area (Å²) in [5.41, 5.74) is 6.06. The second-order valence-corrected chi connectivity index (χ2v) is 6.93. The molecule has 3 nitrogen and oxygen atoms in total. The van der Waals surface area contributed by atoms with Crippen molar-refractivity contribution in [1.29, 1.82) is 0 Å². The third kappa shape index (κ3) is 3.31. The van der Waals surface area contributed by atoms with Crippen LogP contribution in [0, 0.1) is 17.8 Å². The molecular weight excluding hydrogens is 236 g/mol. The van der Waals surface area contributed by atoms with Crippen molar-refractivity contribution < 1.29 is 4.79 Å². The van der Waals surface area contributed by atoms with Crippen molar-refractivity contribution in [3.63, 3.8) is 0 Å². The fourth-order valence-corrected chi connectivity index (χ4v) is 3.97. The van der Waals surface area contributed by atoms with Crippen LogP contribution in [0.4, 0.5) is 0 Å². The van der Waals surface area contributed by atoms with E-state index in [0.29, 0.717) is 29.8 Å².